The maximum atomic E-state index is 11.4. The zero-order valence-electron chi connectivity index (χ0n) is 14.7. The van der Waals surface area contributed by atoms with Crippen molar-refractivity contribution in [3.05, 3.63) is 0 Å². The van der Waals surface area contributed by atoms with Crippen molar-refractivity contribution in [3.8, 4) is 0 Å². The molecule has 0 aromatic rings. The van der Waals surface area contributed by atoms with E-state index in [2.05, 4.69) is 17.6 Å². The number of rotatable bonds is 15. The maximum absolute atomic E-state index is 11.4. The highest BCUT2D eigenvalue weighted by atomic mass is 16.1. The summed E-state index contributed by atoms with van der Waals surface area (Å²) in [6.07, 6.45) is 14.3. The van der Waals surface area contributed by atoms with Gasteiger partial charge in [-0.05, 0) is 26.8 Å². The van der Waals surface area contributed by atoms with E-state index in [9.17, 15) is 4.79 Å². The average molecular weight is 299 g/mol. The van der Waals surface area contributed by atoms with Crippen LogP contribution in [0.5, 0.6) is 0 Å². The molecule has 0 aliphatic carbocycles. The van der Waals surface area contributed by atoms with Gasteiger partial charge in [-0.25, -0.2) is 0 Å². The van der Waals surface area contributed by atoms with Gasteiger partial charge in [0.15, 0.2) is 0 Å². The fourth-order valence-electron chi connectivity index (χ4n) is 2.46. The number of hydrogen-bond acceptors (Lipinski definition) is 2. The molecule has 21 heavy (non-hydrogen) atoms. The predicted octanol–water partition coefficient (Wildman–Crippen LogP) is 4.41. The second kappa shape index (κ2) is 15.8. The summed E-state index contributed by atoms with van der Waals surface area (Å²) < 4.78 is 0. The molecule has 1 amide bonds. The molecule has 0 heterocycles. The van der Waals surface area contributed by atoms with Gasteiger partial charge in [-0.1, -0.05) is 64.7 Å². The van der Waals surface area contributed by atoms with Gasteiger partial charge in [-0.2, -0.15) is 0 Å². The minimum atomic E-state index is 0.153. The van der Waals surface area contributed by atoms with Crippen LogP contribution in [0.1, 0.15) is 91.4 Å². The first-order chi connectivity index (χ1) is 10.2. The number of amides is 1. The Morgan fingerprint density at radius 3 is 1.86 bits per heavy atom. The maximum Gasteiger partial charge on any atom is 0.221 e. The molecule has 0 aliphatic rings. The molecular formula is C18H38N2O. The minimum Gasteiger partial charge on any atom is -0.354 e. The van der Waals surface area contributed by atoms with Crippen molar-refractivity contribution >= 4 is 5.91 Å². The molecule has 0 aliphatic heterocycles. The highest BCUT2D eigenvalue weighted by Crippen LogP contribution is 2.10. The third-order valence-electron chi connectivity index (χ3n) is 3.69. The second-order valence-corrected chi connectivity index (χ2v) is 6.40. The summed E-state index contributed by atoms with van der Waals surface area (Å²) in [5.41, 5.74) is 0. The fraction of sp³-hybridized carbons (Fsp3) is 0.944. The van der Waals surface area contributed by atoms with E-state index < -0.39 is 0 Å². The normalized spacial score (nSPS) is 11.0. The summed E-state index contributed by atoms with van der Waals surface area (Å²) in [4.78, 5) is 11.4. The lowest BCUT2D eigenvalue weighted by Gasteiger charge is -2.08. The molecule has 0 spiro atoms. The Bertz CT molecular complexity index is 229. The summed E-state index contributed by atoms with van der Waals surface area (Å²) >= 11 is 0. The van der Waals surface area contributed by atoms with E-state index >= 15 is 0 Å². The highest BCUT2D eigenvalue weighted by Gasteiger charge is 2.01. The first-order valence-corrected chi connectivity index (χ1v) is 9.17. The Morgan fingerprint density at radius 1 is 0.810 bits per heavy atom. The van der Waals surface area contributed by atoms with Crippen LogP contribution in [0.15, 0.2) is 0 Å². The zero-order valence-corrected chi connectivity index (χ0v) is 14.7. The van der Waals surface area contributed by atoms with Gasteiger partial charge in [-0.15, -0.1) is 0 Å². The lowest BCUT2D eigenvalue weighted by molar-refractivity contribution is -0.121. The Hall–Kier alpha value is -0.570. The smallest absolute Gasteiger partial charge is 0.221 e. The number of carbonyl (C=O) groups excluding carboxylic acids is 1. The molecule has 0 saturated carbocycles. The lowest BCUT2D eigenvalue weighted by Crippen LogP contribution is -2.32. The van der Waals surface area contributed by atoms with E-state index in [0.29, 0.717) is 6.42 Å². The molecule has 0 unspecified atom stereocenters. The van der Waals surface area contributed by atoms with Gasteiger partial charge in [0.1, 0.15) is 0 Å². The number of unbranched alkanes of at least 4 members (excludes halogenated alkanes) is 9. The van der Waals surface area contributed by atoms with Crippen LogP contribution < -0.4 is 10.6 Å². The van der Waals surface area contributed by atoms with Crippen LogP contribution >= 0.6 is 0 Å². The molecule has 0 radical (unpaired) electrons. The molecule has 3 nitrogen and oxygen atoms in total. The third-order valence-corrected chi connectivity index (χ3v) is 3.69. The topological polar surface area (TPSA) is 41.1 Å². The van der Waals surface area contributed by atoms with Crippen molar-refractivity contribution in [2.75, 3.05) is 13.1 Å². The monoisotopic (exact) mass is 298 g/mol. The number of hydrogen-bond donors (Lipinski definition) is 2. The van der Waals surface area contributed by atoms with E-state index in [4.69, 9.17) is 0 Å². The van der Waals surface area contributed by atoms with Crippen LogP contribution in [0.3, 0.4) is 0 Å². The third kappa shape index (κ3) is 17.4. The largest absolute Gasteiger partial charge is 0.354 e. The van der Waals surface area contributed by atoms with Crippen LogP contribution in [-0.4, -0.2) is 25.0 Å². The molecule has 0 rings (SSSR count). The van der Waals surface area contributed by atoms with E-state index in [1.807, 2.05) is 13.8 Å². The number of nitrogens with one attached hydrogen (secondary N) is 2. The minimum absolute atomic E-state index is 0.153. The summed E-state index contributed by atoms with van der Waals surface area (Å²) in [6.45, 7) is 8.11. The molecule has 126 valence electrons. The molecule has 0 bridgehead atoms. The van der Waals surface area contributed by atoms with Gasteiger partial charge in [-0.3, -0.25) is 4.79 Å². The Morgan fingerprint density at radius 2 is 1.33 bits per heavy atom. The molecule has 0 aromatic carbocycles. The molecule has 0 fully saturated rings. The highest BCUT2D eigenvalue weighted by molar-refractivity contribution is 5.76. The first-order valence-electron chi connectivity index (χ1n) is 9.17. The molecular weight excluding hydrogens is 260 g/mol. The van der Waals surface area contributed by atoms with Gasteiger partial charge in [0.05, 0.1) is 0 Å². The van der Waals surface area contributed by atoms with Crippen molar-refractivity contribution in [2.24, 2.45) is 0 Å². The van der Waals surface area contributed by atoms with Crippen LogP contribution in [0.2, 0.25) is 0 Å². The SMILES string of the molecule is CCCCCCCCCCCCNCCC(=O)NC(C)C. The Balaban J connectivity index is 3.07. The fourth-order valence-corrected chi connectivity index (χ4v) is 2.46. The average Bonchev–Trinajstić information content (AvgIpc) is 2.43. The van der Waals surface area contributed by atoms with Crippen molar-refractivity contribution in [2.45, 2.75) is 97.4 Å². The van der Waals surface area contributed by atoms with Crippen molar-refractivity contribution in [1.82, 2.24) is 10.6 Å². The standard InChI is InChI=1S/C18H38N2O/c1-4-5-6-7-8-9-10-11-12-13-15-19-16-14-18(21)20-17(2)3/h17,19H,4-16H2,1-3H3,(H,20,21). The predicted molar refractivity (Wildman–Crippen MR) is 92.6 cm³/mol. The van der Waals surface area contributed by atoms with Gasteiger partial charge >= 0.3 is 0 Å². The van der Waals surface area contributed by atoms with Crippen molar-refractivity contribution < 1.29 is 4.79 Å². The Kier molecular flexibility index (Phi) is 15.4. The summed E-state index contributed by atoms with van der Waals surface area (Å²) in [6, 6.07) is 0.250. The summed E-state index contributed by atoms with van der Waals surface area (Å²) in [5.74, 6) is 0.153. The lowest BCUT2D eigenvalue weighted by atomic mass is 10.1. The molecule has 0 atom stereocenters. The summed E-state index contributed by atoms with van der Waals surface area (Å²) in [7, 11) is 0. The second-order valence-electron chi connectivity index (χ2n) is 6.40. The molecule has 0 aromatic heterocycles. The Labute approximate surface area is 132 Å². The van der Waals surface area contributed by atoms with Crippen molar-refractivity contribution in [1.29, 1.82) is 0 Å². The van der Waals surface area contributed by atoms with Gasteiger partial charge in [0, 0.05) is 19.0 Å². The van der Waals surface area contributed by atoms with Crippen LogP contribution in [-0.2, 0) is 4.79 Å². The van der Waals surface area contributed by atoms with E-state index in [-0.39, 0.29) is 11.9 Å². The van der Waals surface area contributed by atoms with Crippen LogP contribution in [0.25, 0.3) is 0 Å². The quantitative estimate of drug-likeness (QED) is 0.440. The first kappa shape index (κ1) is 20.4. The van der Waals surface area contributed by atoms with E-state index in [0.717, 1.165) is 13.1 Å². The van der Waals surface area contributed by atoms with Gasteiger partial charge < -0.3 is 10.6 Å². The zero-order chi connectivity index (χ0) is 15.8. The molecule has 2 N–H and O–H groups in total. The summed E-state index contributed by atoms with van der Waals surface area (Å²) in [5, 5.41) is 6.26. The molecule has 3 heteroatoms. The van der Waals surface area contributed by atoms with Crippen molar-refractivity contribution in [3.63, 3.8) is 0 Å². The van der Waals surface area contributed by atoms with Gasteiger partial charge in [0.2, 0.25) is 5.91 Å². The van der Waals surface area contributed by atoms with Crippen LogP contribution in [0.4, 0.5) is 0 Å². The van der Waals surface area contributed by atoms with E-state index in [1.54, 1.807) is 0 Å². The molecule has 0 saturated heterocycles. The number of carbonyl (C=O) groups is 1. The van der Waals surface area contributed by atoms with Crippen LogP contribution in [0, 0.1) is 0 Å². The van der Waals surface area contributed by atoms with Gasteiger partial charge in [0.25, 0.3) is 0 Å². The van der Waals surface area contributed by atoms with E-state index in [1.165, 1.54) is 64.2 Å².